The Balaban J connectivity index is 1.36. The van der Waals surface area contributed by atoms with Gasteiger partial charge in [0.05, 0.1) is 6.26 Å². The molecule has 1 fully saturated rings. The van der Waals surface area contributed by atoms with Crippen molar-refractivity contribution in [3.8, 4) is 0 Å². The van der Waals surface area contributed by atoms with E-state index in [2.05, 4.69) is 50.5 Å². The highest BCUT2D eigenvalue weighted by Gasteiger charge is 2.34. The number of nitrogens with one attached hydrogen (secondary N) is 1. The predicted octanol–water partition coefficient (Wildman–Crippen LogP) is 3.51. The number of carbonyl (C=O) groups is 1. The molecule has 6 rings (SSSR count). The van der Waals surface area contributed by atoms with E-state index >= 15 is 0 Å². The van der Waals surface area contributed by atoms with Crippen LogP contribution < -0.4 is 5.56 Å². The molecule has 0 spiro atoms. The largest absolute Gasteiger partial charge is 0.459 e. The number of amides is 1. The first-order chi connectivity index (χ1) is 19.5. The number of benzene rings is 2. The maximum Gasteiger partial charge on any atom is 0.289 e. The predicted molar refractivity (Wildman–Crippen MR) is 150 cm³/mol. The van der Waals surface area contributed by atoms with Gasteiger partial charge in [-0.3, -0.25) is 14.5 Å². The van der Waals surface area contributed by atoms with Crippen LogP contribution in [0.15, 0.2) is 76.1 Å². The van der Waals surface area contributed by atoms with Crippen molar-refractivity contribution in [2.75, 3.05) is 26.2 Å². The quantitative estimate of drug-likeness (QED) is 0.338. The third kappa shape index (κ3) is 5.05. The molecule has 10 nitrogen and oxygen atoms in total. The molecule has 0 saturated carbocycles. The number of hydrogen-bond acceptors (Lipinski definition) is 7. The number of carbonyl (C=O) groups excluding carboxylic acids is 1. The van der Waals surface area contributed by atoms with Crippen LogP contribution in [0.25, 0.3) is 10.9 Å². The molecule has 1 amide bonds. The van der Waals surface area contributed by atoms with Crippen LogP contribution in [0.5, 0.6) is 0 Å². The van der Waals surface area contributed by atoms with Gasteiger partial charge in [-0.1, -0.05) is 36.4 Å². The van der Waals surface area contributed by atoms with Gasteiger partial charge in [0.2, 0.25) is 0 Å². The third-order valence-electron chi connectivity index (χ3n) is 7.59. The average molecular weight is 538 g/mol. The lowest BCUT2D eigenvalue weighted by molar-refractivity contribution is 0.0558. The maximum absolute atomic E-state index is 13.6. The van der Waals surface area contributed by atoms with Crippen LogP contribution >= 0.6 is 0 Å². The van der Waals surface area contributed by atoms with Gasteiger partial charge in [-0.15, -0.1) is 5.10 Å². The van der Waals surface area contributed by atoms with E-state index in [1.165, 1.54) is 11.8 Å². The van der Waals surface area contributed by atoms with E-state index in [1.54, 1.807) is 21.7 Å². The van der Waals surface area contributed by atoms with Crippen molar-refractivity contribution in [3.05, 3.63) is 111 Å². The summed E-state index contributed by atoms with van der Waals surface area (Å²) in [7, 11) is 0. The zero-order valence-corrected chi connectivity index (χ0v) is 22.6. The molecule has 0 aliphatic carbocycles. The van der Waals surface area contributed by atoms with E-state index < -0.39 is 6.04 Å². The highest BCUT2D eigenvalue weighted by Crippen LogP contribution is 2.29. The van der Waals surface area contributed by atoms with Crippen LogP contribution in [0.3, 0.4) is 0 Å². The topological polar surface area (TPSA) is 113 Å². The lowest BCUT2D eigenvalue weighted by Crippen LogP contribution is -2.50. The molecule has 2 aromatic carbocycles. The molecule has 1 aliphatic rings. The molecule has 4 heterocycles. The maximum atomic E-state index is 13.6. The van der Waals surface area contributed by atoms with Crippen molar-refractivity contribution in [1.29, 1.82) is 0 Å². The van der Waals surface area contributed by atoms with Gasteiger partial charge in [0.15, 0.2) is 11.6 Å². The first-order valence-electron chi connectivity index (χ1n) is 13.5. The number of hydrogen-bond donors (Lipinski definition) is 1. The van der Waals surface area contributed by atoms with E-state index in [4.69, 9.17) is 4.42 Å². The van der Waals surface area contributed by atoms with E-state index in [0.29, 0.717) is 49.9 Å². The minimum Gasteiger partial charge on any atom is -0.459 e. The van der Waals surface area contributed by atoms with Crippen LogP contribution in [0.4, 0.5) is 0 Å². The number of piperazine rings is 1. The molecular weight excluding hydrogens is 506 g/mol. The molecule has 0 bridgehead atoms. The molecule has 0 radical (unpaired) electrons. The Kier molecular flexibility index (Phi) is 7.00. The number of H-pyrrole nitrogens is 1. The Bertz CT molecular complexity index is 1680. The zero-order chi connectivity index (χ0) is 27.6. The Morgan fingerprint density at radius 2 is 1.82 bits per heavy atom. The van der Waals surface area contributed by atoms with Crippen molar-refractivity contribution in [3.63, 3.8) is 0 Å². The van der Waals surface area contributed by atoms with Crippen molar-refractivity contribution in [2.45, 2.75) is 32.9 Å². The third-order valence-corrected chi connectivity index (χ3v) is 7.59. The highest BCUT2D eigenvalue weighted by molar-refractivity contribution is 5.91. The number of rotatable bonds is 7. The molecule has 204 valence electrons. The summed E-state index contributed by atoms with van der Waals surface area (Å²) in [4.78, 5) is 33.6. The molecule has 5 aromatic rings. The van der Waals surface area contributed by atoms with Crippen LogP contribution in [0, 0.1) is 13.8 Å². The van der Waals surface area contributed by atoms with E-state index in [-0.39, 0.29) is 11.5 Å². The fourth-order valence-corrected chi connectivity index (χ4v) is 5.58. The molecule has 3 aromatic heterocycles. The van der Waals surface area contributed by atoms with Crippen molar-refractivity contribution in [1.82, 2.24) is 35.0 Å². The Morgan fingerprint density at radius 3 is 2.58 bits per heavy atom. The van der Waals surface area contributed by atoms with Crippen LogP contribution in [0.2, 0.25) is 0 Å². The van der Waals surface area contributed by atoms with E-state index in [1.807, 2.05) is 37.3 Å². The number of aryl methyl sites for hydroxylation is 4. The Hall–Kier alpha value is -4.57. The second kappa shape index (κ2) is 10.9. The molecule has 1 N–H and O–H groups in total. The summed E-state index contributed by atoms with van der Waals surface area (Å²) < 4.78 is 7.12. The van der Waals surface area contributed by atoms with Crippen LogP contribution in [-0.4, -0.2) is 67.1 Å². The fraction of sp³-hybridized carbons (Fsp3) is 0.300. The molecule has 1 saturated heterocycles. The first-order valence-corrected chi connectivity index (χ1v) is 13.5. The summed E-state index contributed by atoms with van der Waals surface area (Å²) in [5, 5.41) is 13.8. The first kappa shape index (κ1) is 25.7. The summed E-state index contributed by atoms with van der Waals surface area (Å²) in [6.45, 7) is 6.72. The normalized spacial score (nSPS) is 15.0. The second-order valence-corrected chi connectivity index (χ2v) is 10.3. The van der Waals surface area contributed by atoms with Gasteiger partial charge in [-0.2, -0.15) is 0 Å². The van der Waals surface area contributed by atoms with E-state index in [9.17, 15) is 9.59 Å². The highest BCUT2D eigenvalue weighted by atomic mass is 16.3. The minimum absolute atomic E-state index is 0.136. The van der Waals surface area contributed by atoms with Crippen molar-refractivity contribution in [2.24, 2.45) is 0 Å². The molecule has 1 aliphatic heterocycles. The van der Waals surface area contributed by atoms with Gasteiger partial charge in [-0.05, 0) is 71.7 Å². The minimum atomic E-state index is -0.486. The van der Waals surface area contributed by atoms with Crippen molar-refractivity contribution < 1.29 is 9.21 Å². The Morgan fingerprint density at radius 1 is 1.02 bits per heavy atom. The monoisotopic (exact) mass is 537 g/mol. The lowest BCUT2D eigenvalue weighted by Gasteiger charge is -2.38. The molecule has 0 unspecified atom stereocenters. The Labute approximate surface area is 231 Å². The lowest BCUT2D eigenvalue weighted by atomic mass is 9.99. The van der Waals surface area contributed by atoms with Gasteiger partial charge in [-0.25, -0.2) is 4.68 Å². The number of tetrazole rings is 1. The summed E-state index contributed by atoms with van der Waals surface area (Å²) in [5.74, 6) is 0.798. The number of aromatic amines is 1. The fourth-order valence-electron chi connectivity index (χ4n) is 5.58. The number of furan rings is 1. The number of aromatic nitrogens is 5. The summed E-state index contributed by atoms with van der Waals surface area (Å²) in [6, 6.07) is 19.2. The van der Waals surface area contributed by atoms with Crippen LogP contribution in [-0.2, 0) is 13.0 Å². The van der Waals surface area contributed by atoms with Gasteiger partial charge in [0, 0.05) is 49.2 Å². The number of pyridine rings is 1. The standard InChI is InChI=1S/C30H31N7O3/c1-20-17-21(2)23-19-24(29(38)31-25(23)18-20)27(28-32-33-34-37(28)11-10-22-7-4-3-5-8-22)35-12-14-36(15-13-35)30(39)26-9-6-16-40-26/h3-9,16-19,27H,10-15H2,1-2H3,(H,31,38)/t27-/m1/s1. The number of nitrogens with zero attached hydrogens (tertiary/aromatic N) is 6. The van der Waals surface area contributed by atoms with Crippen molar-refractivity contribution >= 4 is 16.8 Å². The van der Waals surface area contributed by atoms with Gasteiger partial charge in [0.1, 0.15) is 6.04 Å². The van der Waals surface area contributed by atoms with E-state index in [0.717, 1.165) is 28.5 Å². The van der Waals surface area contributed by atoms with Gasteiger partial charge >= 0.3 is 0 Å². The molecule has 40 heavy (non-hydrogen) atoms. The summed E-state index contributed by atoms with van der Waals surface area (Å²) in [6.07, 6.45) is 2.26. The van der Waals surface area contributed by atoms with Crippen LogP contribution in [0.1, 0.15) is 44.7 Å². The summed E-state index contributed by atoms with van der Waals surface area (Å²) in [5.41, 5.74) is 4.58. The second-order valence-electron chi connectivity index (χ2n) is 10.3. The molecule has 10 heteroatoms. The zero-order valence-electron chi connectivity index (χ0n) is 22.6. The molecular formula is C30H31N7O3. The number of fused-ring (bicyclic) bond motifs is 1. The smallest absolute Gasteiger partial charge is 0.289 e. The average Bonchev–Trinajstić information content (AvgIpc) is 3.66. The molecule has 1 atom stereocenters. The summed E-state index contributed by atoms with van der Waals surface area (Å²) >= 11 is 0. The van der Waals surface area contributed by atoms with Gasteiger partial charge < -0.3 is 14.3 Å². The van der Waals surface area contributed by atoms with Gasteiger partial charge in [0.25, 0.3) is 11.5 Å². The SMILES string of the molecule is Cc1cc(C)c2cc([C@H](c3nnnn3CCc3ccccc3)N3CCN(C(=O)c4ccco4)CC3)c(=O)[nH]c2c1.